The highest BCUT2D eigenvalue weighted by atomic mass is 32.2. The predicted octanol–water partition coefficient (Wildman–Crippen LogP) is 0.717. The van der Waals surface area contributed by atoms with Gasteiger partial charge in [0.25, 0.3) is 0 Å². The zero-order valence-electron chi connectivity index (χ0n) is 11.9. The van der Waals surface area contributed by atoms with Crippen molar-refractivity contribution in [2.75, 3.05) is 26.9 Å². The number of hydrogen-bond acceptors (Lipinski definition) is 5. The molecule has 6 nitrogen and oxygen atoms in total. The van der Waals surface area contributed by atoms with Crippen molar-refractivity contribution >= 4 is 16.0 Å². The first kappa shape index (κ1) is 15.9. The first-order valence-electron chi connectivity index (χ1n) is 6.74. The maximum atomic E-state index is 12.1. The summed E-state index contributed by atoms with van der Waals surface area (Å²) in [6.07, 6.45) is 1.00. The Morgan fingerprint density at radius 2 is 2.10 bits per heavy atom. The van der Waals surface area contributed by atoms with Gasteiger partial charge in [-0.05, 0) is 30.0 Å². The van der Waals surface area contributed by atoms with Crippen LogP contribution in [0.25, 0.3) is 0 Å². The number of esters is 1. The molecule has 0 aliphatic carbocycles. The summed E-state index contributed by atoms with van der Waals surface area (Å²) in [6.45, 7) is 1.67. The van der Waals surface area contributed by atoms with Gasteiger partial charge >= 0.3 is 5.97 Å². The van der Waals surface area contributed by atoms with Crippen molar-refractivity contribution in [3.05, 3.63) is 29.8 Å². The summed E-state index contributed by atoms with van der Waals surface area (Å²) in [5.74, 6) is -0.122. The van der Waals surface area contributed by atoms with Gasteiger partial charge in [0, 0.05) is 13.2 Å². The highest BCUT2D eigenvalue weighted by Crippen LogP contribution is 2.14. The van der Waals surface area contributed by atoms with Crippen LogP contribution in [0.4, 0.5) is 0 Å². The van der Waals surface area contributed by atoms with Crippen molar-refractivity contribution in [2.24, 2.45) is 5.92 Å². The van der Waals surface area contributed by atoms with E-state index in [0.717, 1.165) is 6.42 Å². The first-order chi connectivity index (χ1) is 10.0. The second-order valence-electron chi connectivity index (χ2n) is 4.98. The molecule has 0 aromatic heterocycles. The van der Waals surface area contributed by atoms with Crippen LogP contribution in [0.15, 0.2) is 29.2 Å². The standard InChI is InChI=1S/C14H19NO5S/c1-19-14(16)8-11-2-4-13(5-3-11)21(17,18)15-9-12-6-7-20-10-12/h2-5,12,15H,6-10H2,1H3. The van der Waals surface area contributed by atoms with Crippen LogP contribution in [0.1, 0.15) is 12.0 Å². The smallest absolute Gasteiger partial charge is 0.309 e. The molecule has 1 fully saturated rings. The molecule has 0 amide bonds. The van der Waals surface area contributed by atoms with Gasteiger partial charge in [0.1, 0.15) is 0 Å². The molecule has 2 rings (SSSR count). The third-order valence-electron chi connectivity index (χ3n) is 3.40. The van der Waals surface area contributed by atoms with Gasteiger partial charge in [0.2, 0.25) is 10.0 Å². The van der Waals surface area contributed by atoms with Crippen molar-refractivity contribution < 1.29 is 22.7 Å². The molecule has 0 bridgehead atoms. The van der Waals surface area contributed by atoms with Crippen molar-refractivity contribution in [2.45, 2.75) is 17.7 Å². The number of carbonyl (C=O) groups excluding carboxylic acids is 1. The summed E-state index contributed by atoms with van der Waals surface area (Å²) in [7, 11) is -2.20. The van der Waals surface area contributed by atoms with Crippen LogP contribution in [-0.2, 0) is 30.7 Å². The van der Waals surface area contributed by atoms with Crippen molar-refractivity contribution in [1.82, 2.24) is 4.72 Å². The van der Waals surface area contributed by atoms with Crippen LogP contribution >= 0.6 is 0 Å². The van der Waals surface area contributed by atoms with Crippen LogP contribution in [0.5, 0.6) is 0 Å². The molecule has 0 spiro atoms. The van der Waals surface area contributed by atoms with E-state index >= 15 is 0 Å². The predicted molar refractivity (Wildman–Crippen MR) is 76.3 cm³/mol. The van der Waals surface area contributed by atoms with Gasteiger partial charge in [-0.25, -0.2) is 13.1 Å². The van der Waals surface area contributed by atoms with Gasteiger partial charge in [0.05, 0.1) is 25.0 Å². The van der Waals surface area contributed by atoms with E-state index < -0.39 is 10.0 Å². The minimum Gasteiger partial charge on any atom is -0.469 e. The van der Waals surface area contributed by atoms with Gasteiger partial charge in [-0.1, -0.05) is 12.1 Å². The van der Waals surface area contributed by atoms with E-state index in [1.807, 2.05) is 0 Å². The maximum absolute atomic E-state index is 12.1. The molecular formula is C14H19NO5S. The number of sulfonamides is 1. The van der Waals surface area contributed by atoms with Crippen LogP contribution in [0, 0.1) is 5.92 Å². The third kappa shape index (κ3) is 4.52. The average Bonchev–Trinajstić information content (AvgIpc) is 2.99. The summed E-state index contributed by atoms with van der Waals surface area (Å²) in [5, 5.41) is 0. The highest BCUT2D eigenvalue weighted by Gasteiger charge is 2.20. The Hall–Kier alpha value is -1.44. The molecule has 1 atom stereocenters. The number of rotatable bonds is 6. The fraction of sp³-hybridized carbons (Fsp3) is 0.500. The summed E-state index contributed by atoms with van der Waals surface area (Å²) in [5.41, 5.74) is 0.713. The molecule has 1 N–H and O–H groups in total. The number of methoxy groups -OCH3 is 1. The minimum atomic E-state index is -3.52. The van der Waals surface area contributed by atoms with E-state index in [1.54, 1.807) is 12.1 Å². The van der Waals surface area contributed by atoms with Crippen molar-refractivity contribution in [1.29, 1.82) is 0 Å². The van der Waals surface area contributed by atoms with Gasteiger partial charge in [-0.2, -0.15) is 0 Å². The lowest BCUT2D eigenvalue weighted by molar-refractivity contribution is -0.139. The topological polar surface area (TPSA) is 81.7 Å². The lowest BCUT2D eigenvalue weighted by atomic mass is 10.1. The molecular weight excluding hydrogens is 294 g/mol. The van der Waals surface area contributed by atoms with Crippen LogP contribution in [0.2, 0.25) is 0 Å². The molecule has 1 unspecified atom stereocenters. The van der Waals surface area contributed by atoms with E-state index in [4.69, 9.17) is 4.74 Å². The zero-order valence-corrected chi connectivity index (χ0v) is 12.7. The first-order valence-corrected chi connectivity index (χ1v) is 8.23. The van der Waals surface area contributed by atoms with E-state index in [9.17, 15) is 13.2 Å². The Labute approximate surface area is 124 Å². The molecule has 0 saturated carbocycles. The normalized spacial score (nSPS) is 18.6. The van der Waals surface area contributed by atoms with Gasteiger partial charge in [0.15, 0.2) is 0 Å². The Morgan fingerprint density at radius 3 is 2.67 bits per heavy atom. The maximum Gasteiger partial charge on any atom is 0.309 e. The van der Waals surface area contributed by atoms with E-state index in [-0.39, 0.29) is 23.2 Å². The third-order valence-corrected chi connectivity index (χ3v) is 4.84. The van der Waals surface area contributed by atoms with Crippen LogP contribution in [-0.4, -0.2) is 41.3 Å². The van der Waals surface area contributed by atoms with Crippen molar-refractivity contribution in [3.8, 4) is 0 Å². The molecule has 1 aliphatic rings. The Morgan fingerprint density at radius 1 is 1.38 bits per heavy atom. The Balaban J connectivity index is 1.97. The molecule has 1 aromatic rings. The van der Waals surface area contributed by atoms with E-state index in [0.29, 0.717) is 25.3 Å². The molecule has 1 saturated heterocycles. The lowest BCUT2D eigenvalue weighted by Gasteiger charge is -2.10. The monoisotopic (exact) mass is 313 g/mol. The number of nitrogens with one attached hydrogen (secondary N) is 1. The molecule has 21 heavy (non-hydrogen) atoms. The average molecular weight is 313 g/mol. The van der Waals surface area contributed by atoms with Crippen LogP contribution < -0.4 is 4.72 Å². The van der Waals surface area contributed by atoms with Gasteiger partial charge in [-0.15, -0.1) is 0 Å². The van der Waals surface area contributed by atoms with Gasteiger partial charge < -0.3 is 9.47 Å². The summed E-state index contributed by atoms with van der Waals surface area (Å²) in [4.78, 5) is 11.3. The number of ether oxygens (including phenoxy) is 2. The molecule has 1 heterocycles. The second kappa shape index (κ2) is 7.02. The summed E-state index contributed by atoms with van der Waals surface area (Å²) in [6, 6.07) is 6.21. The highest BCUT2D eigenvalue weighted by molar-refractivity contribution is 7.89. The fourth-order valence-corrected chi connectivity index (χ4v) is 3.20. The summed E-state index contributed by atoms with van der Waals surface area (Å²) < 4.78 is 36.6. The van der Waals surface area contributed by atoms with Gasteiger partial charge in [-0.3, -0.25) is 4.79 Å². The number of benzene rings is 1. The van der Waals surface area contributed by atoms with E-state index in [2.05, 4.69) is 9.46 Å². The lowest BCUT2D eigenvalue weighted by Crippen LogP contribution is -2.29. The SMILES string of the molecule is COC(=O)Cc1ccc(S(=O)(=O)NCC2CCOC2)cc1. The number of hydrogen-bond donors (Lipinski definition) is 1. The zero-order chi connectivity index (χ0) is 15.3. The Bertz CT molecular complexity index is 576. The summed E-state index contributed by atoms with van der Waals surface area (Å²) >= 11 is 0. The second-order valence-corrected chi connectivity index (χ2v) is 6.75. The molecule has 1 aromatic carbocycles. The molecule has 0 radical (unpaired) electrons. The quantitative estimate of drug-likeness (QED) is 0.783. The minimum absolute atomic E-state index is 0.129. The van der Waals surface area contributed by atoms with E-state index in [1.165, 1.54) is 19.2 Å². The van der Waals surface area contributed by atoms with Crippen molar-refractivity contribution in [3.63, 3.8) is 0 Å². The fourth-order valence-electron chi connectivity index (χ4n) is 2.08. The largest absolute Gasteiger partial charge is 0.469 e. The Kier molecular flexibility index (Phi) is 5.33. The molecule has 116 valence electrons. The number of carbonyl (C=O) groups is 1. The molecule has 1 aliphatic heterocycles. The van der Waals surface area contributed by atoms with Crippen LogP contribution in [0.3, 0.4) is 0 Å². The molecule has 7 heteroatoms.